The maximum atomic E-state index is 4.65. The quantitative estimate of drug-likeness (QED) is 0.493. The molecule has 0 aliphatic heterocycles. The number of nitrogens with zero attached hydrogens (tertiary/aromatic N) is 2. The topological polar surface area (TPSA) is 40.5 Å². The maximum absolute atomic E-state index is 4.65. The van der Waals surface area contributed by atoms with Gasteiger partial charge in [0, 0.05) is 12.4 Å². The molecule has 3 aromatic rings. The van der Waals surface area contributed by atoms with E-state index in [2.05, 4.69) is 83.4 Å². The first kappa shape index (κ1) is 17.9. The van der Waals surface area contributed by atoms with Crippen molar-refractivity contribution in [3.63, 3.8) is 0 Å². The summed E-state index contributed by atoms with van der Waals surface area (Å²) in [5.74, 6) is 0. The van der Waals surface area contributed by atoms with Crippen molar-refractivity contribution in [3.8, 4) is 11.1 Å². The smallest absolute Gasteiger partial charge is 0.0660 e. The lowest BCUT2D eigenvalue weighted by atomic mass is 10.00. The standard InChI is InChI=1S/C25H23N3/c1-18-14-21(9-11-24(18)27-16-20-6-3-4-7-20)22-10-12-25(19(2)15-22)28-17-23-8-5-13-26-23/h3-6,8-17,26H,7H2,1-2H3. The normalized spacial score (nSPS) is 13.7. The van der Waals surface area contributed by atoms with Gasteiger partial charge in [-0.3, -0.25) is 9.98 Å². The monoisotopic (exact) mass is 365 g/mol. The maximum Gasteiger partial charge on any atom is 0.0660 e. The molecule has 138 valence electrons. The van der Waals surface area contributed by atoms with E-state index in [1.165, 1.54) is 22.3 Å². The van der Waals surface area contributed by atoms with E-state index >= 15 is 0 Å². The van der Waals surface area contributed by atoms with Crippen molar-refractivity contribution in [2.24, 2.45) is 9.98 Å². The van der Waals surface area contributed by atoms with Gasteiger partial charge in [-0.05, 0) is 84.5 Å². The Morgan fingerprint density at radius 1 is 0.857 bits per heavy atom. The second-order valence-corrected chi connectivity index (χ2v) is 7.02. The Bertz CT molecular complexity index is 1100. The van der Waals surface area contributed by atoms with Crippen LogP contribution in [0.25, 0.3) is 11.1 Å². The molecule has 0 atom stereocenters. The Labute approximate surface area is 165 Å². The molecule has 2 aromatic carbocycles. The van der Waals surface area contributed by atoms with E-state index in [1.54, 1.807) is 0 Å². The van der Waals surface area contributed by atoms with Crippen LogP contribution in [-0.4, -0.2) is 17.4 Å². The lowest BCUT2D eigenvalue weighted by molar-refractivity contribution is 1.35. The van der Waals surface area contributed by atoms with E-state index in [0.29, 0.717) is 0 Å². The van der Waals surface area contributed by atoms with E-state index in [-0.39, 0.29) is 0 Å². The van der Waals surface area contributed by atoms with Gasteiger partial charge in [0.1, 0.15) is 0 Å². The number of aliphatic imine (C=N–C) groups is 2. The first-order chi connectivity index (χ1) is 13.7. The highest BCUT2D eigenvalue weighted by Crippen LogP contribution is 2.30. The second kappa shape index (κ2) is 8.05. The molecule has 1 N–H and O–H groups in total. The number of aromatic nitrogens is 1. The molecule has 1 aliphatic carbocycles. The molecule has 3 nitrogen and oxygen atoms in total. The van der Waals surface area contributed by atoms with Crippen molar-refractivity contribution >= 4 is 23.8 Å². The summed E-state index contributed by atoms with van der Waals surface area (Å²) < 4.78 is 0. The molecule has 0 saturated carbocycles. The number of rotatable bonds is 5. The van der Waals surface area contributed by atoms with E-state index in [1.807, 2.05) is 30.8 Å². The van der Waals surface area contributed by atoms with Gasteiger partial charge in [0.2, 0.25) is 0 Å². The third kappa shape index (κ3) is 4.09. The van der Waals surface area contributed by atoms with Gasteiger partial charge in [-0.25, -0.2) is 0 Å². The van der Waals surface area contributed by atoms with Gasteiger partial charge >= 0.3 is 0 Å². The van der Waals surface area contributed by atoms with E-state index in [0.717, 1.165) is 29.1 Å². The van der Waals surface area contributed by atoms with Crippen LogP contribution in [0.2, 0.25) is 0 Å². The molecule has 1 aliphatic rings. The van der Waals surface area contributed by atoms with Gasteiger partial charge in [-0.15, -0.1) is 0 Å². The van der Waals surface area contributed by atoms with Crippen LogP contribution in [-0.2, 0) is 0 Å². The van der Waals surface area contributed by atoms with Crippen molar-refractivity contribution in [2.75, 3.05) is 0 Å². The summed E-state index contributed by atoms with van der Waals surface area (Å²) in [6.45, 7) is 4.21. The Morgan fingerprint density at radius 2 is 1.54 bits per heavy atom. The minimum absolute atomic E-state index is 0.971. The van der Waals surface area contributed by atoms with E-state index in [4.69, 9.17) is 0 Å². The van der Waals surface area contributed by atoms with Crippen LogP contribution >= 0.6 is 0 Å². The van der Waals surface area contributed by atoms with Gasteiger partial charge in [0.15, 0.2) is 0 Å². The highest BCUT2D eigenvalue weighted by atomic mass is 14.8. The third-order valence-corrected chi connectivity index (χ3v) is 4.86. The average molecular weight is 365 g/mol. The minimum atomic E-state index is 0.971. The van der Waals surface area contributed by atoms with Crippen LogP contribution in [0.4, 0.5) is 11.4 Å². The molecule has 0 bridgehead atoms. The lowest BCUT2D eigenvalue weighted by Crippen LogP contribution is -1.85. The summed E-state index contributed by atoms with van der Waals surface area (Å²) in [4.78, 5) is 12.4. The number of allylic oxidation sites excluding steroid dienone is 4. The Morgan fingerprint density at radius 3 is 2.07 bits per heavy atom. The fourth-order valence-electron chi connectivity index (χ4n) is 3.24. The number of H-pyrrole nitrogens is 1. The molecule has 0 amide bonds. The zero-order valence-electron chi connectivity index (χ0n) is 16.2. The number of hydrogen-bond donors (Lipinski definition) is 1. The van der Waals surface area contributed by atoms with Crippen LogP contribution in [0.1, 0.15) is 23.2 Å². The molecule has 4 rings (SSSR count). The van der Waals surface area contributed by atoms with Crippen LogP contribution in [0.15, 0.2) is 88.5 Å². The van der Waals surface area contributed by atoms with Crippen molar-refractivity contribution in [1.82, 2.24) is 4.98 Å². The predicted molar refractivity (Wildman–Crippen MR) is 119 cm³/mol. The summed E-state index contributed by atoms with van der Waals surface area (Å²) in [5.41, 5.74) is 8.95. The predicted octanol–water partition coefficient (Wildman–Crippen LogP) is 6.64. The molecule has 1 heterocycles. The summed E-state index contributed by atoms with van der Waals surface area (Å²) in [7, 11) is 0. The largest absolute Gasteiger partial charge is 0.360 e. The average Bonchev–Trinajstić information content (AvgIpc) is 3.40. The molecule has 0 unspecified atom stereocenters. The number of nitrogens with one attached hydrogen (secondary N) is 1. The van der Waals surface area contributed by atoms with Gasteiger partial charge in [-0.2, -0.15) is 0 Å². The minimum Gasteiger partial charge on any atom is -0.360 e. The Kier molecular flexibility index (Phi) is 5.16. The summed E-state index contributed by atoms with van der Waals surface area (Å²) >= 11 is 0. The van der Waals surface area contributed by atoms with Crippen LogP contribution in [0, 0.1) is 13.8 Å². The van der Waals surface area contributed by atoms with Crippen molar-refractivity contribution in [1.29, 1.82) is 0 Å². The van der Waals surface area contributed by atoms with E-state index in [9.17, 15) is 0 Å². The molecule has 0 radical (unpaired) electrons. The number of benzene rings is 2. The molecular weight excluding hydrogens is 342 g/mol. The molecule has 1 aromatic heterocycles. The first-order valence-electron chi connectivity index (χ1n) is 9.48. The lowest BCUT2D eigenvalue weighted by Gasteiger charge is -2.08. The summed E-state index contributed by atoms with van der Waals surface area (Å²) in [5, 5.41) is 0. The van der Waals surface area contributed by atoms with Gasteiger partial charge in [0.25, 0.3) is 0 Å². The SMILES string of the molecule is Cc1cc(-c2ccc(N=Cc3ccc[nH]3)c(C)c2)ccc1N=CC1=CC=CC1. The summed E-state index contributed by atoms with van der Waals surface area (Å²) in [6.07, 6.45) is 13.0. The van der Waals surface area contributed by atoms with E-state index < -0.39 is 0 Å². The molecule has 0 fully saturated rings. The molecule has 28 heavy (non-hydrogen) atoms. The second-order valence-electron chi connectivity index (χ2n) is 7.02. The number of hydrogen-bond acceptors (Lipinski definition) is 2. The highest BCUT2D eigenvalue weighted by molar-refractivity contribution is 5.84. The number of aryl methyl sites for hydroxylation is 2. The van der Waals surface area contributed by atoms with Gasteiger partial charge in [0.05, 0.1) is 23.3 Å². The zero-order chi connectivity index (χ0) is 19.3. The van der Waals surface area contributed by atoms with Crippen molar-refractivity contribution in [2.45, 2.75) is 20.3 Å². The fraction of sp³-hybridized carbons (Fsp3) is 0.120. The summed E-state index contributed by atoms with van der Waals surface area (Å²) in [6, 6.07) is 16.8. The van der Waals surface area contributed by atoms with Crippen LogP contribution < -0.4 is 0 Å². The molecule has 3 heteroatoms. The van der Waals surface area contributed by atoms with Crippen LogP contribution in [0.3, 0.4) is 0 Å². The third-order valence-electron chi connectivity index (χ3n) is 4.86. The van der Waals surface area contributed by atoms with Gasteiger partial charge < -0.3 is 4.98 Å². The van der Waals surface area contributed by atoms with Gasteiger partial charge in [-0.1, -0.05) is 30.4 Å². The first-order valence-corrected chi connectivity index (χ1v) is 9.48. The Balaban J connectivity index is 1.54. The molecule has 0 spiro atoms. The zero-order valence-corrected chi connectivity index (χ0v) is 16.2. The number of aromatic amines is 1. The molecular formula is C25H23N3. The van der Waals surface area contributed by atoms with Crippen LogP contribution in [0.5, 0.6) is 0 Å². The fourth-order valence-corrected chi connectivity index (χ4v) is 3.24. The molecule has 0 saturated heterocycles. The Hall–Kier alpha value is -3.46. The highest BCUT2D eigenvalue weighted by Gasteiger charge is 2.05. The van der Waals surface area contributed by atoms with Crippen molar-refractivity contribution in [3.05, 3.63) is 95.3 Å². The van der Waals surface area contributed by atoms with Crippen molar-refractivity contribution < 1.29 is 0 Å².